The van der Waals surface area contributed by atoms with E-state index in [1.165, 1.54) is 28.2 Å². The molecule has 1 aliphatic heterocycles. The minimum absolute atomic E-state index is 1.09. The van der Waals surface area contributed by atoms with Crippen LogP contribution in [0.5, 0.6) is 0 Å². The summed E-state index contributed by atoms with van der Waals surface area (Å²) in [5.41, 5.74) is 2.51. The van der Waals surface area contributed by atoms with E-state index < -0.39 is 0 Å². The fourth-order valence-electron chi connectivity index (χ4n) is 2.52. The van der Waals surface area contributed by atoms with Crippen molar-refractivity contribution in [3.8, 4) is 0 Å². The van der Waals surface area contributed by atoms with Crippen LogP contribution in [0.1, 0.15) is 24.8 Å². The van der Waals surface area contributed by atoms with Crippen LogP contribution in [0.3, 0.4) is 0 Å². The number of hydrogen-bond donors (Lipinski definition) is 1. The molecule has 102 valence electrons. The second-order valence-electron chi connectivity index (χ2n) is 5.10. The number of unbranched alkanes of at least 4 members (excludes halogenated alkanes) is 1. The maximum atomic E-state index is 4.72. The summed E-state index contributed by atoms with van der Waals surface area (Å²) in [6.07, 6.45) is 3.60. The van der Waals surface area contributed by atoms with Gasteiger partial charge in [-0.3, -0.25) is 0 Å². The van der Waals surface area contributed by atoms with Crippen molar-refractivity contribution >= 4 is 27.2 Å². The molecule has 1 fully saturated rings. The number of nitrogens with zero attached hydrogens (tertiary/aromatic N) is 2. The van der Waals surface area contributed by atoms with Gasteiger partial charge >= 0.3 is 0 Å². The van der Waals surface area contributed by atoms with Gasteiger partial charge in [0.1, 0.15) is 0 Å². The van der Waals surface area contributed by atoms with Crippen LogP contribution < -0.4 is 10.2 Å². The summed E-state index contributed by atoms with van der Waals surface area (Å²) in [4.78, 5) is 7.18. The summed E-state index contributed by atoms with van der Waals surface area (Å²) >= 11 is 1.86. The lowest BCUT2D eigenvalue weighted by Gasteiger charge is -2.29. The van der Waals surface area contributed by atoms with Crippen molar-refractivity contribution in [3.05, 3.63) is 23.2 Å². The lowest BCUT2D eigenvalue weighted by Crippen LogP contribution is -2.43. The van der Waals surface area contributed by atoms with Gasteiger partial charge < -0.3 is 10.2 Å². The Morgan fingerprint density at radius 2 is 2.16 bits per heavy atom. The molecular formula is C15H21N3S. The lowest BCUT2D eigenvalue weighted by molar-refractivity contribution is 0.589. The molecule has 0 spiro atoms. The van der Waals surface area contributed by atoms with E-state index in [1.54, 1.807) is 0 Å². The predicted molar refractivity (Wildman–Crippen MR) is 83.3 cm³/mol. The van der Waals surface area contributed by atoms with E-state index in [4.69, 9.17) is 4.98 Å². The molecule has 1 N–H and O–H groups in total. The number of benzene rings is 1. The number of fused-ring (bicyclic) bond motifs is 1. The van der Waals surface area contributed by atoms with Crippen molar-refractivity contribution in [1.29, 1.82) is 0 Å². The van der Waals surface area contributed by atoms with Crippen molar-refractivity contribution in [3.63, 3.8) is 0 Å². The van der Waals surface area contributed by atoms with E-state index in [0.29, 0.717) is 0 Å². The molecular weight excluding hydrogens is 254 g/mol. The molecule has 0 saturated carbocycles. The molecule has 3 nitrogen and oxygen atoms in total. The van der Waals surface area contributed by atoms with Crippen LogP contribution in [0.25, 0.3) is 10.2 Å². The first kappa shape index (κ1) is 12.9. The molecule has 1 aromatic carbocycles. The van der Waals surface area contributed by atoms with Gasteiger partial charge in [-0.05, 0) is 31.0 Å². The van der Waals surface area contributed by atoms with E-state index in [0.717, 1.165) is 38.1 Å². The Labute approximate surface area is 118 Å². The zero-order valence-corrected chi connectivity index (χ0v) is 12.3. The van der Waals surface area contributed by atoms with E-state index >= 15 is 0 Å². The fraction of sp³-hybridized carbons (Fsp3) is 0.533. The Hall–Kier alpha value is -1.13. The Bertz CT molecular complexity index is 543. The molecule has 2 aromatic rings. The third-order valence-corrected chi connectivity index (χ3v) is 4.72. The van der Waals surface area contributed by atoms with Gasteiger partial charge in [0.15, 0.2) is 0 Å². The highest BCUT2D eigenvalue weighted by molar-refractivity contribution is 7.18. The largest absolute Gasteiger partial charge is 0.369 e. The molecule has 2 heterocycles. The topological polar surface area (TPSA) is 28.2 Å². The highest BCUT2D eigenvalue weighted by Gasteiger charge is 2.12. The number of hydrogen-bond acceptors (Lipinski definition) is 4. The standard InChI is InChI=1S/C15H21N3S/c1-2-3-4-15-17-13-6-5-12(11-14(13)19-15)18-9-7-16-8-10-18/h5-6,11,16H,2-4,7-10H2,1H3. The van der Waals surface area contributed by atoms with Crippen molar-refractivity contribution in [2.24, 2.45) is 0 Å². The monoisotopic (exact) mass is 275 g/mol. The van der Waals surface area contributed by atoms with Crippen LogP contribution in [-0.2, 0) is 6.42 Å². The van der Waals surface area contributed by atoms with Gasteiger partial charge in [0.05, 0.1) is 15.2 Å². The number of rotatable bonds is 4. The van der Waals surface area contributed by atoms with E-state index in [9.17, 15) is 0 Å². The summed E-state index contributed by atoms with van der Waals surface area (Å²) in [6.45, 7) is 6.61. The quantitative estimate of drug-likeness (QED) is 0.929. The highest BCUT2D eigenvalue weighted by Crippen LogP contribution is 2.28. The summed E-state index contributed by atoms with van der Waals surface area (Å²) in [6, 6.07) is 6.71. The molecule has 4 heteroatoms. The first-order valence-electron chi connectivity index (χ1n) is 7.22. The van der Waals surface area contributed by atoms with Gasteiger partial charge in [0.25, 0.3) is 0 Å². The van der Waals surface area contributed by atoms with Crippen LogP contribution >= 0.6 is 11.3 Å². The van der Waals surface area contributed by atoms with Crippen molar-refractivity contribution in [2.45, 2.75) is 26.2 Å². The summed E-state index contributed by atoms with van der Waals surface area (Å²) < 4.78 is 1.34. The molecule has 1 saturated heterocycles. The molecule has 0 atom stereocenters. The van der Waals surface area contributed by atoms with Gasteiger partial charge in [-0.25, -0.2) is 4.98 Å². The van der Waals surface area contributed by atoms with Crippen LogP contribution in [0.4, 0.5) is 5.69 Å². The molecule has 0 radical (unpaired) electrons. The third kappa shape index (κ3) is 2.90. The van der Waals surface area contributed by atoms with E-state index in [2.05, 4.69) is 35.3 Å². The molecule has 1 aliphatic rings. The van der Waals surface area contributed by atoms with Gasteiger partial charge in [-0.2, -0.15) is 0 Å². The Balaban J connectivity index is 1.83. The second-order valence-corrected chi connectivity index (χ2v) is 6.22. The second kappa shape index (κ2) is 5.88. The SMILES string of the molecule is CCCCc1nc2ccc(N3CCNCC3)cc2s1. The fourth-order valence-corrected chi connectivity index (χ4v) is 3.56. The zero-order chi connectivity index (χ0) is 13.1. The van der Waals surface area contributed by atoms with Crippen molar-refractivity contribution in [1.82, 2.24) is 10.3 Å². The average Bonchev–Trinajstić information content (AvgIpc) is 2.87. The van der Waals surface area contributed by atoms with Crippen LogP contribution in [0.15, 0.2) is 18.2 Å². The number of nitrogens with one attached hydrogen (secondary N) is 1. The molecule has 0 amide bonds. The first-order valence-corrected chi connectivity index (χ1v) is 8.03. The third-order valence-electron chi connectivity index (χ3n) is 3.64. The van der Waals surface area contributed by atoms with Crippen LogP contribution in [0.2, 0.25) is 0 Å². The zero-order valence-electron chi connectivity index (χ0n) is 11.5. The minimum atomic E-state index is 1.09. The lowest BCUT2D eigenvalue weighted by atomic mass is 10.2. The molecule has 3 rings (SSSR count). The van der Waals surface area contributed by atoms with Gasteiger partial charge in [-0.15, -0.1) is 11.3 Å². The number of thiazole rings is 1. The van der Waals surface area contributed by atoms with Crippen LogP contribution in [-0.4, -0.2) is 31.2 Å². The van der Waals surface area contributed by atoms with Gasteiger partial charge in [0, 0.05) is 31.9 Å². The molecule has 19 heavy (non-hydrogen) atoms. The average molecular weight is 275 g/mol. The maximum Gasteiger partial charge on any atom is 0.0938 e. The van der Waals surface area contributed by atoms with Crippen molar-refractivity contribution < 1.29 is 0 Å². The molecule has 0 bridgehead atoms. The van der Waals surface area contributed by atoms with Gasteiger partial charge in [0.2, 0.25) is 0 Å². The number of piperazine rings is 1. The van der Waals surface area contributed by atoms with E-state index in [-0.39, 0.29) is 0 Å². The van der Waals surface area contributed by atoms with E-state index in [1.807, 2.05) is 11.3 Å². The highest BCUT2D eigenvalue weighted by atomic mass is 32.1. The number of aryl methyl sites for hydroxylation is 1. The number of aromatic nitrogens is 1. The summed E-state index contributed by atoms with van der Waals surface area (Å²) in [7, 11) is 0. The van der Waals surface area contributed by atoms with Crippen LogP contribution in [0, 0.1) is 0 Å². The molecule has 1 aromatic heterocycles. The maximum absolute atomic E-state index is 4.72. The number of anilines is 1. The Morgan fingerprint density at radius 1 is 1.32 bits per heavy atom. The smallest absolute Gasteiger partial charge is 0.0938 e. The van der Waals surface area contributed by atoms with Crippen molar-refractivity contribution in [2.75, 3.05) is 31.1 Å². The summed E-state index contributed by atoms with van der Waals surface area (Å²) in [5, 5.41) is 4.68. The molecule has 0 unspecified atom stereocenters. The Kier molecular flexibility index (Phi) is 3.99. The van der Waals surface area contributed by atoms with Gasteiger partial charge in [-0.1, -0.05) is 13.3 Å². The normalized spacial score (nSPS) is 16.2. The molecule has 0 aliphatic carbocycles. The Morgan fingerprint density at radius 3 is 2.95 bits per heavy atom. The summed E-state index contributed by atoms with van der Waals surface area (Å²) in [5.74, 6) is 0. The minimum Gasteiger partial charge on any atom is -0.369 e. The first-order chi connectivity index (χ1) is 9.36. The predicted octanol–water partition coefficient (Wildman–Crippen LogP) is 3.05.